The van der Waals surface area contributed by atoms with Crippen molar-refractivity contribution >= 4 is 11.9 Å². The van der Waals surface area contributed by atoms with Gasteiger partial charge in [0.1, 0.15) is 6.04 Å². The molecular formula is C10H15NO4. The zero-order chi connectivity index (χ0) is 11.0. The van der Waals surface area contributed by atoms with Crippen LogP contribution in [-0.2, 0) is 14.3 Å². The van der Waals surface area contributed by atoms with Gasteiger partial charge >= 0.3 is 5.97 Å². The Morgan fingerprint density at radius 2 is 2.20 bits per heavy atom. The first-order valence-corrected chi connectivity index (χ1v) is 5.26. The van der Waals surface area contributed by atoms with Crippen molar-refractivity contribution in [1.82, 2.24) is 4.90 Å². The highest BCUT2D eigenvalue weighted by Crippen LogP contribution is 2.26. The van der Waals surface area contributed by atoms with Crippen LogP contribution in [0.15, 0.2) is 0 Å². The average molecular weight is 213 g/mol. The van der Waals surface area contributed by atoms with Crippen LogP contribution in [0.2, 0.25) is 0 Å². The second kappa shape index (κ2) is 3.81. The lowest BCUT2D eigenvalue weighted by Gasteiger charge is -2.24. The van der Waals surface area contributed by atoms with Gasteiger partial charge in [-0.2, -0.15) is 0 Å². The van der Waals surface area contributed by atoms with Crippen LogP contribution in [0.5, 0.6) is 0 Å². The van der Waals surface area contributed by atoms with E-state index in [0.717, 1.165) is 6.42 Å². The normalized spacial score (nSPS) is 31.4. The van der Waals surface area contributed by atoms with Gasteiger partial charge in [-0.1, -0.05) is 6.92 Å². The van der Waals surface area contributed by atoms with Crippen molar-refractivity contribution in [2.45, 2.75) is 31.9 Å². The Kier molecular flexibility index (Phi) is 2.65. The van der Waals surface area contributed by atoms with Gasteiger partial charge in [0.2, 0.25) is 5.91 Å². The lowest BCUT2D eigenvalue weighted by molar-refractivity contribution is -0.149. The van der Waals surface area contributed by atoms with Gasteiger partial charge < -0.3 is 14.7 Å². The third kappa shape index (κ3) is 1.97. The fraction of sp³-hybridized carbons (Fsp3) is 0.800. The second-order valence-corrected chi connectivity index (χ2v) is 4.19. The third-order valence-electron chi connectivity index (χ3n) is 3.13. The molecule has 15 heavy (non-hydrogen) atoms. The molecule has 3 unspecified atom stereocenters. The molecule has 2 aliphatic heterocycles. The highest BCUT2D eigenvalue weighted by Gasteiger charge is 2.41. The molecule has 1 N–H and O–H groups in total. The first-order chi connectivity index (χ1) is 7.11. The van der Waals surface area contributed by atoms with Crippen LogP contribution in [0.4, 0.5) is 0 Å². The minimum atomic E-state index is -0.898. The van der Waals surface area contributed by atoms with Crippen LogP contribution in [-0.4, -0.2) is 47.2 Å². The van der Waals surface area contributed by atoms with Gasteiger partial charge in [-0.05, 0) is 12.8 Å². The lowest BCUT2D eigenvalue weighted by atomic mass is 10.1. The van der Waals surface area contributed by atoms with Crippen molar-refractivity contribution < 1.29 is 19.4 Å². The number of amides is 1. The Bertz CT molecular complexity index is 287. The Hall–Kier alpha value is -1.10. The topological polar surface area (TPSA) is 70.1 Å². The maximum atomic E-state index is 11.9. The van der Waals surface area contributed by atoms with Crippen LogP contribution >= 0.6 is 0 Å². The fourth-order valence-corrected chi connectivity index (χ4v) is 2.05. The monoisotopic (exact) mass is 213 g/mol. The Morgan fingerprint density at radius 3 is 2.73 bits per heavy atom. The predicted molar refractivity (Wildman–Crippen MR) is 51.3 cm³/mol. The van der Waals surface area contributed by atoms with Crippen LogP contribution < -0.4 is 0 Å². The number of aliphatic carboxylic acids is 1. The summed E-state index contributed by atoms with van der Waals surface area (Å²) in [6, 6.07) is -0.626. The molecule has 0 aromatic carbocycles. The zero-order valence-electron chi connectivity index (χ0n) is 8.68. The van der Waals surface area contributed by atoms with Gasteiger partial charge in [0, 0.05) is 6.54 Å². The van der Waals surface area contributed by atoms with E-state index < -0.39 is 12.0 Å². The van der Waals surface area contributed by atoms with E-state index in [1.165, 1.54) is 4.90 Å². The number of nitrogens with zero attached hydrogens (tertiary/aromatic N) is 1. The van der Waals surface area contributed by atoms with Gasteiger partial charge in [-0.3, -0.25) is 4.79 Å². The number of carbonyl (C=O) groups is 2. The standard InChI is InChI=1S/C10H15NO4/c1-6(8-5-15-8)9(12)11-4-2-3-7(11)10(13)14/h6-8H,2-5H2,1H3,(H,13,14). The van der Waals surface area contributed by atoms with E-state index in [1.54, 1.807) is 6.92 Å². The predicted octanol–water partition coefficient (Wildman–Crippen LogP) is 0.0969. The van der Waals surface area contributed by atoms with E-state index >= 15 is 0 Å². The molecule has 2 saturated heterocycles. The molecule has 84 valence electrons. The molecule has 0 aromatic rings. The molecule has 2 aliphatic rings. The summed E-state index contributed by atoms with van der Waals surface area (Å²) in [6.07, 6.45) is 1.35. The molecule has 3 atom stereocenters. The number of ether oxygens (including phenoxy) is 1. The summed E-state index contributed by atoms with van der Waals surface area (Å²) >= 11 is 0. The molecule has 0 bridgehead atoms. The van der Waals surface area contributed by atoms with Crippen molar-refractivity contribution in [3.63, 3.8) is 0 Å². The number of hydrogen-bond acceptors (Lipinski definition) is 3. The van der Waals surface area contributed by atoms with E-state index in [4.69, 9.17) is 9.84 Å². The van der Waals surface area contributed by atoms with Gasteiger partial charge in [0.05, 0.1) is 18.6 Å². The number of carbonyl (C=O) groups excluding carboxylic acids is 1. The molecule has 5 nitrogen and oxygen atoms in total. The second-order valence-electron chi connectivity index (χ2n) is 4.19. The molecule has 0 aliphatic carbocycles. The van der Waals surface area contributed by atoms with E-state index in [2.05, 4.69) is 0 Å². The van der Waals surface area contributed by atoms with Crippen molar-refractivity contribution in [1.29, 1.82) is 0 Å². The summed E-state index contributed by atoms with van der Waals surface area (Å²) < 4.78 is 5.05. The van der Waals surface area contributed by atoms with Crippen molar-refractivity contribution in [3.05, 3.63) is 0 Å². The van der Waals surface area contributed by atoms with Gasteiger partial charge in [0.25, 0.3) is 0 Å². The molecule has 1 amide bonds. The first-order valence-electron chi connectivity index (χ1n) is 5.26. The van der Waals surface area contributed by atoms with Crippen LogP contribution in [0.25, 0.3) is 0 Å². The molecule has 0 spiro atoms. The molecule has 2 heterocycles. The van der Waals surface area contributed by atoms with Crippen molar-refractivity contribution in [3.8, 4) is 0 Å². The largest absolute Gasteiger partial charge is 0.480 e. The van der Waals surface area contributed by atoms with Gasteiger partial charge in [-0.15, -0.1) is 0 Å². The minimum absolute atomic E-state index is 0.00699. The Balaban J connectivity index is 2.01. The number of epoxide rings is 1. The minimum Gasteiger partial charge on any atom is -0.480 e. The smallest absolute Gasteiger partial charge is 0.326 e. The first kappa shape index (κ1) is 10.4. The molecule has 0 radical (unpaired) electrons. The number of hydrogen-bond donors (Lipinski definition) is 1. The van der Waals surface area contributed by atoms with Gasteiger partial charge in [-0.25, -0.2) is 4.79 Å². The Labute approximate surface area is 88.0 Å². The van der Waals surface area contributed by atoms with Crippen LogP contribution in [0.3, 0.4) is 0 Å². The Morgan fingerprint density at radius 1 is 1.53 bits per heavy atom. The summed E-state index contributed by atoms with van der Waals surface area (Å²) in [6.45, 7) is 2.99. The number of rotatable bonds is 3. The van der Waals surface area contributed by atoms with E-state index in [0.29, 0.717) is 19.6 Å². The summed E-state index contributed by atoms with van der Waals surface area (Å²) in [5, 5.41) is 8.94. The highest BCUT2D eigenvalue weighted by molar-refractivity contribution is 5.86. The quantitative estimate of drug-likeness (QED) is 0.675. The summed E-state index contributed by atoms with van der Waals surface area (Å²) in [7, 11) is 0. The van der Waals surface area contributed by atoms with Gasteiger partial charge in [0.15, 0.2) is 0 Å². The number of carboxylic acids is 1. The number of likely N-dealkylation sites (tertiary alicyclic amines) is 1. The SMILES string of the molecule is CC(C(=O)N1CCCC1C(=O)O)C1CO1. The van der Waals surface area contributed by atoms with Crippen molar-refractivity contribution in [2.24, 2.45) is 5.92 Å². The average Bonchev–Trinajstić information content (AvgIpc) is 2.92. The zero-order valence-corrected chi connectivity index (χ0v) is 8.68. The fourth-order valence-electron chi connectivity index (χ4n) is 2.05. The van der Waals surface area contributed by atoms with Crippen molar-refractivity contribution in [2.75, 3.05) is 13.2 Å². The summed E-state index contributed by atoms with van der Waals surface area (Å²) in [5.74, 6) is -1.18. The molecular weight excluding hydrogens is 198 g/mol. The molecule has 2 rings (SSSR count). The molecule has 2 fully saturated rings. The summed E-state index contributed by atoms with van der Waals surface area (Å²) in [4.78, 5) is 24.3. The maximum Gasteiger partial charge on any atom is 0.326 e. The molecule has 0 aromatic heterocycles. The highest BCUT2D eigenvalue weighted by atomic mass is 16.6. The van der Waals surface area contributed by atoms with E-state index in [-0.39, 0.29) is 17.9 Å². The molecule has 0 saturated carbocycles. The lowest BCUT2D eigenvalue weighted by Crippen LogP contribution is -2.44. The number of carboxylic acid groups (broad SMARTS) is 1. The third-order valence-corrected chi connectivity index (χ3v) is 3.13. The molecule has 5 heteroatoms. The van der Waals surface area contributed by atoms with Crippen LogP contribution in [0, 0.1) is 5.92 Å². The maximum absolute atomic E-state index is 11.9. The van der Waals surface area contributed by atoms with Crippen LogP contribution in [0.1, 0.15) is 19.8 Å². The summed E-state index contributed by atoms with van der Waals surface area (Å²) in [5.41, 5.74) is 0. The van der Waals surface area contributed by atoms with E-state index in [9.17, 15) is 9.59 Å². The van der Waals surface area contributed by atoms with E-state index in [1.807, 2.05) is 0 Å².